The fourth-order valence-electron chi connectivity index (χ4n) is 3.23. The number of carbonyl (C=O) groups is 2. The van der Waals surface area contributed by atoms with Crippen molar-refractivity contribution in [2.75, 3.05) is 18.2 Å². The van der Waals surface area contributed by atoms with E-state index in [0.717, 1.165) is 17.1 Å². The van der Waals surface area contributed by atoms with Crippen LogP contribution in [0.5, 0.6) is 0 Å². The molecule has 13 heteroatoms. The van der Waals surface area contributed by atoms with E-state index in [1.807, 2.05) is 0 Å². The highest BCUT2D eigenvalue weighted by atomic mass is 32.2. The van der Waals surface area contributed by atoms with Crippen LogP contribution in [0.2, 0.25) is 25.7 Å². The summed E-state index contributed by atoms with van der Waals surface area (Å²) in [6.07, 6.45) is 0.319. The zero-order chi connectivity index (χ0) is 23.9. The van der Waals surface area contributed by atoms with Gasteiger partial charge in [-0.25, -0.2) is 0 Å². The van der Waals surface area contributed by atoms with Gasteiger partial charge in [-0.3, -0.25) is 19.4 Å². The van der Waals surface area contributed by atoms with Crippen LogP contribution in [0.1, 0.15) is 16.8 Å². The molecule has 0 N–H and O–H groups in total. The largest absolute Gasteiger partial charge is 0.534 e. The summed E-state index contributed by atoms with van der Waals surface area (Å²) in [6, 6.07) is 5.86. The van der Waals surface area contributed by atoms with Crippen LogP contribution >= 0.6 is 0 Å². The van der Waals surface area contributed by atoms with Crippen molar-refractivity contribution in [3.63, 3.8) is 0 Å². The van der Waals surface area contributed by atoms with E-state index in [4.69, 9.17) is 4.74 Å². The Morgan fingerprint density at radius 3 is 2.44 bits per heavy atom. The molecular weight excluding hydrogens is 469 g/mol. The standard InChI is InChI=1S/C19H23F3N2O6SSi/c1-32(2,3)9-8-29-12-24-15-7-5-4-6-14(15)17(25)23-11-13(10-16(23)18(24)26)30-31(27,28)19(20,21)22/h4-7,11,16H,8-10,12H2,1-3H3. The quantitative estimate of drug-likeness (QED) is 0.251. The zero-order valence-corrected chi connectivity index (χ0v) is 19.5. The number of halogens is 3. The molecule has 0 bridgehead atoms. The van der Waals surface area contributed by atoms with E-state index < -0.39 is 53.7 Å². The molecule has 0 aromatic heterocycles. The number of hydrogen-bond donors (Lipinski definition) is 0. The number of benzene rings is 1. The molecule has 0 aliphatic carbocycles. The van der Waals surface area contributed by atoms with Gasteiger partial charge in [-0.2, -0.15) is 21.6 Å². The van der Waals surface area contributed by atoms with Gasteiger partial charge in [-0.1, -0.05) is 31.8 Å². The number of para-hydroxylation sites is 1. The fourth-order valence-corrected chi connectivity index (χ4v) is 4.48. The lowest BCUT2D eigenvalue weighted by Gasteiger charge is -2.26. The van der Waals surface area contributed by atoms with Crippen LogP contribution in [0, 0.1) is 0 Å². The molecule has 1 unspecified atom stereocenters. The van der Waals surface area contributed by atoms with Crippen LogP contribution in [-0.2, 0) is 23.8 Å². The molecule has 3 rings (SSSR count). The molecule has 1 aromatic rings. The zero-order valence-electron chi connectivity index (χ0n) is 17.7. The Hall–Kier alpha value is -2.38. The maximum atomic E-state index is 13.2. The number of fused-ring (bicyclic) bond motifs is 2. The minimum Gasteiger partial charge on any atom is -0.379 e. The number of hydrogen-bond acceptors (Lipinski definition) is 6. The van der Waals surface area contributed by atoms with E-state index in [2.05, 4.69) is 23.8 Å². The summed E-state index contributed by atoms with van der Waals surface area (Å²) in [5, 5.41) is 0. The van der Waals surface area contributed by atoms with Crippen molar-refractivity contribution in [3.8, 4) is 0 Å². The molecule has 2 amide bonds. The Bertz CT molecular complexity index is 1050. The van der Waals surface area contributed by atoms with Crippen molar-refractivity contribution in [3.05, 3.63) is 41.8 Å². The van der Waals surface area contributed by atoms with Gasteiger partial charge in [0.25, 0.3) is 11.8 Å². The van der Waals surface area contributed by atoms with Gasteiger partial charge in [-0.05, 0) is 18.2 Å². The van der Waals surface area contributed by atoms with Crippen molar-refractivity contribution in [2.45, 2.75) is 43.7 Å². The van der Waals surface area contributed by atoms with Crippen LogP contribution < -0.4 is 4.90 Å². The van der Waals surface area contributed by atoms with Crippen molar-refractivity contribution in [1.29, 1.82) is 0 Å². The van der Waals surface area contributed by atoms with E-state index in [0.29, 0.717) is 12.3 Å². The summed E-state index contributed by atoms with van der Waals surface area (Å²) in [4.78, 5) is 28.4. The van der Waals surface area contributed by atoms with E-state index in [9.17, 15) is 31.2 Å². The molecular formula is C19H23F3N2O6SSi. The molecule has 0 fully saturated rings. The maximum absolute atomic E-state index is 13.2. The summed E-state index contributed by atoms with van der Waals surface area (Å²) < 4.78 is 70.6. The smallest absolute Gasteiger partial charge is 0.379 e. The molecule has 0 spiro atoms. The number of nitrogens with zero attached hydrogens (tertiary/aromatic N) is 2. The number of alkyl halides is 3. The van der Waals surface area contributed by atoms with Gasteiger partial charge in [0.05, 0.1) is 11.3 Å². The maximum Gasteiger partial charge on any atom is 0.534 e. The molecule has 1 aromatic carbocycles. The van der Waals surface area contributed by atoms with Crippen molar-refractivity contribution < 1.29 is 40.1 Å². The summed E-state index contributed by atoms with van der Waals surface area (Å²) in [7, 11) is -7.31. The Morgan fingerprint density at radius 1 is 1.16 bits per heavy atom. The Kier molecular flexibility index (Phi) is 6.46. The van der Waals surface area contributed by atoms with Gasteiger partial charge in [0.2, 0.25) is 0 Å². The Labute approximate surface area is 184 Å². The average Bonchev–Trinajstić information content (AvgIpc) is 3.05. The summed E-state index contributed by atoms with van der Waals surface area (Å²) in [5.74, 6) is -1.92. The highest BCUT2D eigenvalue weighted by Crippen LogP contribution is 2.36. The number of rotatable bonds is 7. The van der Waals surface area contributed by atoms with E-state index in [1.54, 1.807) is 18.2 Å². The third kappa shape index (κ3) is 4.99. The second-order valence-electron chi connectivity index (χ2n) is 8.64. The first-order chi connectivity index (χ1) is 14.7. The fraction of sp³-hybridized carbons (Fsp3) is 0.474. The van der Waals surface area contributed by atoms with Crippen molar-refractivity contribution in [1.82, 2.24) is 4.90 Å². The molecule has 0 saturated carbocycles. The molecule has 176 valence electrons. The third-order valence-electron chi connectivity index (χ3n) is 4.94. The van der Waals surface area contributed by atoms with Gasteiger partial charge in [0, 0.05) is 27.3 Å². The van der Waals surface area contributed by atoms with Gasteiger partial charge in [-0.15, -0.1) is 0 Å². The topological polar surface area (TPSA) is 93.2 Å². The van der Waals surface area contributed by atoms with Crippen molar-refractivity contribution >= 4 is 35.7 Å². The van der Waals surface area contributed by atoms with E-state index in [1.165, 1.54) is 11.0 Å². The lowest BCUT2D eigenvalue weighted by molar-refractivity contribution is -0.123. The second-order valence-corrected chi connectivity index (χ2v) is 15.8. The SMILES string of the molecule is C[Si](C)(C)CCOCN1C(=O)C2CC(OS(=O)(=O)C(F)(F)F)=CN2C(=O)c2ccccc21. The molecule has 32 heavy (non-hydrogen) atoms. The monoisotopic (exact) mass is 492 g/mol. The van der Waals surface area contributed by atoms with Crippen LogP contribution in [-0.4, -0.2) is 58.1 Å². The molecule has 2 heterocycles. The van der Waals surface area contributed by atoms with Gasteiger partial charge >= 0.3 is 15.6 Å². The lowest BCUT2D eigenvalue weighted by atomic mass is 10.1. The first-order valence-electron chi connectivity index (χ1n) is 9.73. The molecule has 0 saturated heterocycles. The number of amides is 2. The number of carbonyl (C=O) groups excluding carboxylic acids is 2. The normalized spacial score (nSPS) is 19.4. The van der Waals surface area contributed by atoms with Crippen LogP contribution in [0.3, 0.4) is 0 Å². The molecule has 2 aliphatic rings. The molecule has 1 atom stereocenters. The highest BCUT2D eigenvalue weighted by Gasteiger charge is 2.51. The molecule has 0 radical (unpaired) electrons. The van der Waals surface area contributed by atoms with Gasteiger partial charge in [0.1, 0.15) is 18.5 Å². The van der Waals surface area contributed by atoms with Gasteiger partial charge < -0.3 is 8.92 Å². The van der Waals surface area contributed by atoms with Crippen molar-refractivity contribution in [2.24, 2.45) is 0 Å². The predicted molar refractivity (Wildman–Crippen MR) is 112 cm³/mol. The van der Waals surface area contributed by atoms with E-state index >= 15 is 0 Å². The summed E-state index contributed by atoms with van der Waals surface area (Å²) in [5.41, 5.74) is -5.19. The lowest BCUT2D eigenvalue weighted by Crippen LogP contribution is -2.45. The second kappa shape index (κ2) is 8.52. The minimum absolute atomic E-state index is 0.133. The van der Waals surface area contributed by atoms with Crippen LogP contribution in [0.15, 0.2) is 36.2 Å². The number of anilines is 1. The Morgan fingerprint density at radius 2 is 1.81 bits per heavy atom. The first-order valence-corrected chi connectivity index (χ1v) is 14.8. The first kappa shape index (κ1) is 24.3. The van der Waals surface area contributed by atoms with Crippen LogP contribution in [0.4, 0.5) is 18.9 Å². The number of ether oxygens (including phenoxy) is 1. The highest BCUT2D eigenvalue weighted by molar-refractivity contribution is 7.87. The molecule has 2 aliphatic heterocycles. The van der Waals surface area contributed by atoms with E-state index in [-0.39, 0.29) is 12.3 Å². The van der Waals surface area contributed by atoms with Crippen LogP contribution in [0.25, 0.3) is 0 Å². The summed E-state index contributed by atoms with van der Waals surface area (Å²) >= 11 is 0. The summed E-state index contributed by atoms with van der Waals surface area (Å²) in [6.45, 7) is 6.75. The molecule has 8 nitrogen and oxygen atoms in total. The predicted octanol–water partition coefficient (Wildman–Crippen LogP) is 3.27. The van der Waals surface area contributed by atoms with Gasteiger partial charge in [0.15, 0.2) is 0 Å². The minimum atomic E-state index is -5.93. The average molecular weight is 493 g/mol. The Balaban J connectivity index is 1.88. The third-order valence-corrected chi connectivity index (χ3v) is 7.65.